The number of fused-ring (bicyclic) bond motifs is 1. The van der Waals surface area contributed by atoms with Gasteiger partial charge in [-0.1, -0.05) is 6.92 Å². The summed E-state index contributed by atoms with van der Waals surface area (Å²) < 4.78 is 0. The van der Waals surface area contributed by atoms with Crippen LogP contribution in [0.1, 0.15) is 54.2 Å². The molecule has 1 saturated carbocycles. The van der Waals surface area contributed by atoms with E-state index >= 15 is 0 Å². The van der Waals surface area contributed by atoms with Crippen molar-refractivity contribution < 1.29 is 9.59 Å². The van der Waals surface area contributed by atoms with Crippen molar-refractivity contribution in [2.24, 2.45) is 11.8 Å². The van der Waals surface area contributed by atoms with Gasteiger partial charge in [0.15, 0.2) is 0 Å². The summed E-state index contributed by atoms with van der Waals surface area (Å²) in [5, 5.41) is 15.2. The van der Waals surface area contributed by atoms with Gasteiger partial charge < -0.3 is 15.5 Å². The number of amides is 2. The molecule has 3 atom stereocenters. The van der Waals surface area contributed by atoms with Crippen molar-refractivity contribution in [3.63, 3.8) is 0 Å². The summed E-state index contributed by atoms with van der Waals surface area (Å²) in [4.78, 5) is 31.2. The molecule has 1 aromatic carbocycles. The minimum Gasteiger partial charge on any atom is -0.363 e. The van der Waals surface area contributed by atoms with Gasteiger partial charge in [0, 0.05) is 43.4 Å². The summed E-state index contributed by atoms with van der Waals surface area (Å²) in [6.07, 6.45) is 3.77. The number of nitriles is 1. The van der Waals surface area contributed by atoms with Gasteiger partial charge in [0.25, 0.3) is 5.91 Å². The largest absolute Gasteiger partial charge is 0.363 e. The molecular formula is C23H25N5O2. The Balaban J connectivity index is 1.80. The lowest BCUT2D eigenvalue weighted by Crippen LogP contribution is -2.51. The summed E-state index contributed by atoms with van der Waals surface area (Å²) >= 11 is 0. The lowest BCUT2D eigenvalue weighted by atomic mass is 9.79. The molecule has 1 aliphatic carbocycles. The topological polar surface area (TPSA) is 98.1 Å². The highest BCUT2D eigenvalue weighted by Gasteiger charge is 2.47. The molecule has 2 heterocycles. The lowest BCUT2D eigenvalue weighted by molar-refractivity contribution is -0.117. The zero-order valence-corrected chi connectivity index (χ0v) is 17.3. The molecule has 2 amide bonds. The number of carbonyl (C=O) groups excluding carboxylic acids is 2. The molecule has 1 aromatic heterocycles. The molecule has 2 aliphatic rings. The van der Waals surface area contributed by atoms with Gasteiger partial charge in [-0.2, -0.15) is 5.26 Å². The quantitative estimate of drug-likeness (QED) is 0.817. The van der Waals surface area contributed by atoms with Gasteiger partial charge in [0.05, 0.1) is 11.6 Å². The summed E-state index contributed by atoms with van der Waals surface area (Å²) in [5.74, 6) is 1.11. The van der Waals surface area contributed by atoms with Gasteiger partial charge >= 0.3 is 0 Å². The molecule has 1 unspecified atom stereocenters. The highest BCUT2D eigenvalue weighted by molar-refractivity contribution is 5.98. The first-order chi connectivity index (χ1) is 14.4. The van der Waals surface area contributed by atoms with Crippen LogP contribution in [0.2, 0.25) is 0 Å². The minimum atomic E-state index is -0.167. The molecule has 0 saturated heterocycles. The first-order valence-electron chi connectivity index (χ1n) is 10.2. The Bertz CT molecular complexity index is 1020. The molecule has 0 bridgehead atoms. The third-order valence-electron chi connectivity index (χ3n) is 6.11. The van der Waals surface area contributed by atoms with Crippen LogP contribution in [-0.2, 0) is 4.79 Å². The first kappa shape index (κ1) is 19.9. The molecule has 30 heavy (non-hydrogen) atoms. The van der Waals surface area contributed by atoms with Gasteiger partial charge in [-0.3, -0.25) is 9.59 Å². The fourth-order valence-electron chi connectivity index (χ4n) is 4.56. The van der Waals surface area contributed by atoms with E-state index in [1.165, 1.54) is 6.20 Å². The normalized spacial score (nSPS) is 22.6. The van der Waals surface area contributed by atoms with E-state index in [1.807, 2.05) is 17.0 Å². The summed E-state index contributed by atoms with van der Waals surface area (Å²) in [7, 11) is 1.60. The molecule has 1 fully saturated rings. The highest BCUT2D eigenvalue weighted by Crippen LogP contribution is 2.50. The summed E-state index contributed by atoms with van der Waals surface area (Å²) in [6, 6.07) is 11.1. The number of pyridine rings is 1. The van der Waals surface area contributed by atoms with Crippen LogP contribution in [0.25, 0.3) is 0 Å². The molecule has 0 radical (unpaired) electrons. The number of nitrogens with zero attached hydrogens (tertiary/aromatic N) is 3. The van der Waals surface area contributed by atoms with Crippen LogP contribution in [0.3, 0.4) is 0 Å². The van der Waals surface area contributed by atoms with E-state index in [0.717, 1.165) is 24.1 Å². The Morgan fingerprint density at radius 2 is 2.00 bits per heavy atom. The van der Waals surface area contributed by atoms with E-state index in [4.69, 9.17) is 5.26 Å². The third kappa shape index (κ3) is 3.50. The second-order valence-corrected chi connectivity index (χ2v) is 8.09. The zero-order valence-electron chi connectivity index (χ0n) is 17.3. The number of nitrogens with one attached hydrogen (secondary N) is 2. The molecule has 7 heteroatoms. The Kier molecular flexibility index (Phi) is 5.17. The van der Waals surface area contributed by atoms with Crippen LogP contribution in [0.15, 0.2) is 36.5 Å². The Morgan fingerprint density at radius 3 is 2.57 bits per heavy atom. The SMILES string of the molecule is CNC(=O)c1ccc2c(c1)C(Nc1ccc(C#N)cn1)[C@@H](C)[C@H](C1CC1)N2C(C)=O. The van der Waals surface area contributed by atoms with Crippen LogP contribution in [0.5, 0.6) is 0 Å². The van der Waals surface area contributed by atoms with E-state index < -0.39 is 0 Å². The van der Waals surface area contributed by atoms with Gasteiger partial charge in [-0.15, -0.1) is 0 Å². The zero-order chi connectivity index (χ0) is 21.4. The fourth-order valence-corrected chi connectivity index (χ4v) is 4.56. The van der Waals surface area contributed by atoms with Crippen molar-refractivity contribution >= 4 is 23.3 Å². The first-order valence-corrected chi connectivity index (χ1v) is 10.2. The Morgan fingerprint density at radius 1 is 1.23 bits per heavy atom. The summed E-state index contributed by atoms with van der Waals surface area (Å²) in [5.41, 5.74) is 2.80. The van der Waals surface area contributed by atoms with Crippen molar-refractivity contribution in [1.82, 2.24) is 10.3 Å². The smallest absolute Gasteiger partial charge is 0.251 e. The molecule has 154 valence electrons. The van der Waals surface area contributed by atoms with Crippen molar-refractivity contribution in [2.45, 2.75) is 38.8 Å². The third-order valence-corrected chi connectivity index (χ3v) is 6.11. The maximum atomic E-state index is 12.6. The number of benzene rings is 1. The van der Waals surface area contributed by atoms with E-state index in [1.54, 1.807) is 32.2 Å². The number of hydrogen-bond acceptors (Lipinski definition) is 5. The van der Waals surface area contributed by atoms with Crippen LogP contribution < -0.4 is 15.5 Å². The lowest BCUT2D eigenvalue weighted by Gasteiger charge is -2.46. The number of rotatable bonds is 4. The van der Waals surface area contributed by atoms with Crippen molar-refractivity contribution in [2.75, 3.05) is 17.3 Å². The Labute approximate surface area is 176 Å². The number of hydrogen-bond donors (Lipinski definition) is 2. The standard InChI is InChI=1S/C23H25N5O2/c1-13-21(27-20-9-4-15(11-24)12-26-20)18-10-17(23(30)25-3)7-8-19(18)28(14(2)29)22(13)16-5-6-16/h4,7-10,12-13,16,21-22H,5-6H2,1-3H3,(H,25,30)(H,26,27)/t13-,21?,22-/m1/s1. The van der Waals surface area contributed by atoms with Crippen molar-refractivity contribution in [3.8, 4) is 6.07 Å². The van der Waals surface area contributed by atoms with E-state index in [-0.39, 0.29) is 29.8 Å². The van der Waals surface area contributed by atoms with Gasteiger partial charge in [0.2, 0.25) is 5.91 Å². The van der Waals surface area contributed by atoms with Crippen molar-refractivity contribution in [1.29, 1.82) is 5.26 Å². The summed E-state index contributed by atoms with van der Waals surface area (Å²) in [6.45, 7) is 3.75. The van der Waals surface area contributed by atoms with Gasteiger partial charge in [0.1, 0.15) is 11.9 Å². The van der Waals surface area contributed by atoms with E-state index in [0.29, 0.717) is 22.9 Å². The molecule has 7 nitrogen and oxygen atoms in total. The van der Waals surface area contributed by atoms with E-state index in [2.05, 4.69) is 28.6 Å². The monoisotopic (exact) mass is 403 g/mol. The van der Waals surface area contributed by atoms with Crippen LogP contribution >= 0.6 is 0 Å². The average molecular weight is 403 g/mol. The van der Waals surface area contributed by atoms with Crippen LogP contribution in [0.4, 0.5) is 11.5 Å². The predicted molar refractivity (Wildman–Crippen MR) is 114 cm³/mol. The second kappa shape index (κ2) is 7.79. The molecule has 2 N–H and O–H groups in total. The van der Waals surface area contributed by atoms with Crippen LogP contribution in [0, 0.1) is 23.2 Å². The van der Waals surface area contributed by atoms with E-state index in [9.17, 15) is 9.59 Å². The van der Waals surface area contributed by atoms with Gasteiger partial charge in [-0.05, 0) is 54.7 Å². The maximum absolute atomic E-state index is 12.6. The predicted octanol–water partition coefficient (Wildman–Crippen LogP) is 3.25. The number of aromatic nitrogens is 1. The molecule has 4 rings (SSSR count). The minimum absolute atomic E-state index is 0.0163. The second-order valence-electron chi connectivity index (χ2n) is 8.09. The van der Waals surface area contributed by atoms with Crippen molar-refractivity contribution in [3.05, 3.63) is 53.2 Å². The Hall–Kier alpha value is -3.40. The molecular weight excluding hydrogens is 378 g/mol. The highest BCUT2D eigenvalue weighted by atomic mass is 16.2. The average Bonchev–Trinajstić information content (AvgIpc) is 3.59. The van der Waals surface area contributed by atoms with Crippen LogP contribution in [-0.4, -0.2) is 29.9 Å². The van der Waals surface area contributed by atoms with Gasteiger partial charge in [-0.25, -0.2) is 4.98 Å². The molecule has 1 aliphatic heterocycles. The fraction of sp³-hybridized carbons (Fsp3) is 0.391. The maximum Gasteiger partial charge on any atom is 0.251 e. The number of anilines is 2. The molecule has 0 spiro atoms. The molecule has 2 aromatic rings. The number of carbonyl (C=O) groups is 2.